The van der Waals surface area contributed by atoms with E-state index in [4.69, 9.17) is 5.73 Å². The molecule has 1 saturated heterocycles. The number of likely N-dealkylation sites (tertiary alicyclic amines) is 1. The van der Waals surface area contributed by atoms with Crippen LogP contribution in [0.3, 0.4) is 0 Å². The van der Waals surface area contributed by atoms with Crippen LogP contribution < -0.4 is 5.73 Å². The molecule has 1 atom stereocenters. The predicted molar refractivity (Wildman–Crippen MR) is 69.8 cm³/mol. The summed E-state index contributed by atoms with van der Waals surface area (Å²) in [5.41, 5.74) is 5.70. The SMILES string of the molecule is CCCn1nnnc1CN1CCCCC1CCN. The molecular formula is C12H24N6. The average molecular weight is 252 g/mol. The van der Waals surface area contributed by atoms with Crippen LogP contribution in [0, 0.1) is 0 Å². The van der Waals surface area contributed by atoms with Gasteiger partial charge in [0.25, 0.3) is 0 Å². The van der Waals surface area contributed by atoms with Gasteiger partial charge < -0.3 is 5.73 Å². The molecule has 0 saturated carbocycles. The van der Waals surface area contributed by atoms with Gasteiger partial charge in [0.2, 0.25) is 0 Å². The van der Waals surface area contributed by atoms with Crippen LogP contribution >= 0.6 is 0 Å². The Morgan fingerprint density at radius 3 is 3.06 bits per heavy atom. The topological polar surface area (TPSA) is 72.9 Å². The number of nitrogens with two attached hydrogens (primary N) is 1. The highest BCUT2D eigenvalue weighted by Gasteiger charge is 2.23. The highest BCUT2D eigenvalue weighted by Crippen LogP contribution is 2.20. The number of aryl methyl sites for hydroxylation is 1. The molecule has 1 aromatic heterocycles. The first-order valence-electron chi connectivity index (χ1n) is 7.04. The Labute approximate surface area is 109 Å². The molecule has 2 heterocycles. The number of aromatic nitrogens is 4. The van der Waals surface area contributed by atoms with Crippen molar-refractivity contribution >= 4 is 0 Å². The lowest BCUT2D eigenvalue weighted by Crippen LogP contribution is -2.40. The van der Waals surface area contributed by atoms with Crippen molar-refractivity contribution in [1.82, 2.24) is 25.1 Å². The standard InChI is InChI=1S/C12H24N6/c1-2-8-18-12(14-15-16-18)10-17-9-4-3-5-11(17)6-7-13/h11H,2-10,13H2,1H3. The zero-order valence-electron chi connectivity index (χ0n) is 11.3. The van der Waals surface area contributed by atoms with Crippen molar-refractivity contribution in [2.45, 2.75) is 58.2 Å². The first-order chi connectivity index (χ1) is 8.85. The van der Waals surface area contributed by atoms with Gasteiger partial charge in [-0.3, -0.25) is 4.90 Å². The molecule has 0 aromatic carbocycles. The number of nitrogens with zero attached hydrogens (tertiary/aromatic N) is 5. The molecule has 0 bridgehead atoms. The Kier molecular flexibility index (Phi) is 5.07. The second kappa shape index (κ2) is 6.80. The van der Waals surface area contributed by atoms with Crippen LogP contribution in [0.2, 0.25) is 0 Å². The highest BCUT2D eigenvalue weighted by molar-refractivity contribution is 4.86. The third kappa shape index (κ3) is 3.26. The van der Waals surface area contributed by atoms with Crippen LogP contribution in [0.15, 0.2) is 0 Å². The maximum atomic E-state index is 5.70. The van der Waals surface area contributed by atoms with Crippen molar-refractivity contribution in [1.29, 1.82) is 0 Å². The number of hydrogen-bond donors (Lipinski definition) is 1. The maximum Gasteiger partial charge on any atom is 0.165 e. The third-order valence-corrected chi connectivity index (χ3v) is 3.63. The summed E-state index contributed by atoms with van der Waals surface area (Å²) in [6, 6.07) is 0.607. The Hall–Kier alpha value is -1.01. The third-order valence-electron chi connectivity index (χ3n) is 3.63. The summed E-state index contributed by atoms with van der Waals surface area (Å²) in [7, 11) is 0. The molecule has 6 nitrogen and oxygen atoms in total. The lowest BCUT2D eigenvalue weighted by Gasteiger charge is -2.35. The van der Waals surface area contributed by atoms with Crippen molar-refractivity contribution < 1.29 is 0 Å². The van der Waals surface area contributed by atoms with Gasteiger partial charge in [0.05, 0.1) is 6.54 Å². The van der Waals surface area contributed by atoms with Crippen LogP contribution in [0.1, 0.15) is 44.9 Å². The van der Waals surface area contributed by atoms with E-state index in [9.17, 15) is 0 Å². The first kappa shape index (κ1) is 13.4. The molecule has 0 radical (unpaired) electrons. The monoisotopic (exact) mass is 252 g/mol. The van der Waals surface area contributed by atoms with E-state index in [2.05, 4.69) is 27.3 Å². The Bertz CT molecular complexity index is 348. The van der Waals surface area contributed by atoms with Crippen molar-refractivity contribution in [2.24, 2.45) is 5.73 Å². The van der Waals surface area contributed by atoms with E-state index in [0.29, 0.717) is 6.04 Å². The maximum absolute atomic E-state index is 5.70. The van der Waals surface area contributed by atoms with Gasteiger partial charge in [-0.1, -0.05) is 13.3 Å². The predicted octanol–water partition coefficient (Wildman–Crippen LogP) is 0.786. The van der Waals surface area contributed by atoms with Gasteiger partial charge in [0, 0.05) is 12.6 Å². The van der Waals surface area contributed by atoms with E-state index in [1.807, 2.05) is 4.68 Å². The van der Waals surface area contributed by atoms with E-state index in [1.165, 1.54) is 19.3 Å². The van der Waals surface area contributed by atoms with Gasteiger partial charge in [0.1, 0.15) is 0 Å². The fraction of sp³-hybridized carbons (Fsp3) is 0.917. The van der Waals surface area contributed by atoms with Gasteiger partial charge in [-0.15, -0.1) is 5.10 Å². The molecule has 6 heteroatoms. The quantitative estimate of drug-likeness (QED) is 0.810. The molecule has 1 aliphatic heterocycles. The molecule has 102 valence electrons. The van der Waals surface area contributed by atoms with E-state index in [1.54, 1.807) is 0 Å². The minimum Gasteiger partial charge on any atom is -0.330 e. The Balaban J connectivity index is 1.99. The summed E-state index contributed by atoms with van der Waals surface area (Å²) in [5.74, 6) is 0.987. The van der Waals surface area contributed by atoms with E-state index < -0.39 is 0 Å². The second-order valence-electron chi connectivity index (χ2n) is 5.02. The Morgan fingerprint density at radius 2 is 2.28 bits per heavy atom. The molecule has 0 amide bonds. The molecule has 1 aromatic rings. The van der Waals surface area contributed by atoms with Gasteiger partial charge in [-0.25, -0.2) is 4.68 Å². The number of piperidine rings is 1. The minimum absolute atomic E-state index is 0.607. The van der Waals surface area contributed by atoms with Gasteiger partial charge >= 0.3 is 0 Å². The Morgan fingerprint density at radius 1 is 1.39 bits per heavy atom. The molecule has 2 N–H and O–H groups in total. The lowest BCUT2D eigenvalue weighted by molar-refractivity contribution is 0.128. The first-order valence-corrected chi connectivity index (χ1v) is 7.04. The summed E-state index contributed by atoms with van der Waals surface area (Å²) in [6.07, 6.45) is 5.99. The summed E-state index contributed by atoms with van der Waals surface area (Å²) in [4.78, 5) is 2.49. The number of tetrazole rings is 1. The molecule has 1 unspecified atom stereocenters. The molecule has 2 rings (SSSR count). The average Bonchev–Trinajstić information content (AvgIpc) is 2.80. The normalized spacial score (nSPS) is 21.3. The highest BCUT2D eigenvalue weighted by atomic mass is 15.5. The van der Waals surface area contributed by atoms with Gasteiger partial charge in [-0.2, -0.15) is 0 Å². The zero-order chi connectivity index (χ0) is 12.8. The van der Waals surface area contributed by atoms with Crippen LogP contribution in [0.4, 0.5) is 0 Å². The fourth-order valence-electron chi connectivity index (χ4n) is 2.69. The van der Waals surface area contributed by atoms with Crippen LogP contribution in [0.25, 0.3) is 0 Å². The lowest BCUT2D eigenvalue weighted by atomic mass is 9.99. The smallest absolute Gasteiger partial charge is 0.165 e. The summed E-state index contributed by atoms with van der Waals surface area (Å²) in [6.45, 7) is 5.81. The molecule has 0 spiro atoms. The number of hydrogen-bond acceptors (Lipinski definition) is 5. The van der Waals surface area contributed by atoms with Crippen molar-refractivity contribution in [3.8, 4) is 0 Å². The molecule has 1 aliphatic rings. The molecular weight excluding hydrogens is 228 g/mol. The summed E-state index contributed by atoms with van der Waals surface area (Å²) >= 11 is 0. The van der Waals surface area contributed by atoms with Crippen molar-refractivity contribution in [2.75, 3.05) is 13.1 Å². The van der Waals surface area contributed by atoms with E-state index >= 15 is 0 Å². The van der Waals surface area contributed by atoms with Crippen molar-refractivity contribution in [3.63, 3.8) is 0 Å². The molecule has 0 aliphatic carbocycles. The van der Waals surface area contributed by atoms with E-state index in [-0.39, 0.29) is 0 Å². The van der Waals surface area contributed by atoms with Gasteiger partial charge in [0.15, 0.2) is 5.82 Å². The second-order valence-corrected chi connectivity index (χ2v) is 5.02. The van der Waals surface area contributed by atoms with Crippen molar-refractivity contribution in [3.05, 3.63) is 5.82 Å². The minimum atomic E-state index is 0.607. The molecule has 18 heavy (non-hydrogen) atoms. The molecule has 1 fully saturated rings. The number of rotatable bonds is 6. The fourth-order valence-corrected chi connectivity index (χ4v) is 2.69. The van der Waals surface area contributed by atoms with E-state index in [0.717, 1.165) is 44.8 Å². The van der Waals surface area contributed by atoms with Crippen LogP contribution in [0.5, 0.6) is 0 Å². The van der Waals surface area contributed by atoms with Crippen LogP contribution in [-0.4, -0.2) is 44.2 Å². The zero-order valence-corrected chi connectivity index (χ0v) is 11.3. The summed E-state index contributed by atoms with van der Waals surface area (Å²) < 4.78 is 1.92. The summed E-state index contributed by atoms with van der Waals surface area (Å²) in [5, 5.41) is 12.0. The van der Waals surface area contributed by atoms with Gasteiger partial charge in [-0.05, 0) is 49.2 Å². The largest absolute Gasteiger partial charge is 0.330 e. The van der Waals surface area contributed by atoms with Crippen LogP contribution in [-0.2, 0) is 13.1 Å².